The Morgan fingerprint density at radius 3 is 2.43 bits per heavy atom. The molecule has 0 saturated carbocycles. The van der Waals surface area contributed by atoms with Crippen molar-refractivity contribution in [2.75, 3.05) is 25.9 Å². The summed E-state index contributed by atoms with van der Waals surface area (Å²) < 4.78 is 32.3. The second kappa shape index (κ2) is 6.23. The highest BCUT2D eigenvalue weighted by atomic mass is 32.2. The van der Waals surface area contributed by atoms with Gasteiger partial charge < -0.3 is 10.5 Å². The number of rotatable bonds is 4. The first-order valence-electron chi connectivity index (χ1n) is 7.30. The Balaban J connectivity index is 2.25. The van der Waals surface area contributed by atoms with Crippen molar-refractivity contribution in [1.29, 1.82) is 0 Å². The third kappa shape index (κ3) is 3.32. The van der Waals surface area contributed by atoms with Crippen LogP contribution in [0, 0.1) is 11.8 Å². The van der Waals surface area contributed by atoms with Crippen molar-refractivity contribution in [3.63, 3.8) is 0 Å². The van der Waals surface area contributed by atoms with E-state index in [9.17, 15) is 8.42 Å². The zero-order chi connectivity index (χ0) is 15.6. The predicted octanol–water partition coefficient (Wildman–Crippen LogP) is 2.33. The van der Waals surface area contributed by atoms with Crippen molar-refractivity contribution in [2.45, 2.75) is 31.6 Å². The number of nitrogens with zero attached hydrogens (tertiary/aromatic N) is 1. The second-order valence-electron chi connectivity index (χ2n) is 5.90. The summed E-state index contributed by atoms with van der Waals surface area (Å²) in [6, 6.07) is 4.72. The summed E-state index contributed by atoms with van der Waals surface area (Å²) in [4.78, 5) is 0.160. The maximum atomic E-state index is 12.8. The molecule has 2 N–H and O–H groups in total. The van der Waals surface area contributed by atoms with E-state index in [1.165, 1.54) is 13.2 Å². The van der Waals surface area contributed by atoms with Crippen LogP contribution in [0.3, 0.4) is 0 Å². The molecule has 21 heavy (non-hydrogen) atoms. The maximum absolute atomic E-state index is 12.8. The summed E-state index contributed by atoms with van der Waals surface area (Å²) >= 11 is 0. The molecule has 2 rings (SSSR count). The number of anilines is 1. The van der Waals surface area contributed by atoms with Crippen LogP contribution < -0.4 is 10.5 Å². The molecule has 1 aromatic rings. The average Bonchev–Trinajstić information content (AvgIpc) is 2.47. The van der Waals surface area contributed by atoms with Gasteiger partial charge in [-0.15, -0.1) is 0 Å². The molecule has 118 valence electrons. The molecule has 0 bridgehead atoms. The number of piperidine rings is 1. The first kappa shape index (κ1) is 16.1. The number of hydrogen-bond acceptors (Lipinski definition) is 4. The number of nitrogen functional groups attached to an aromatic ring is 1. The Morgan fingerprint density at radius 1 is 1.29 bits per heavy atom. The van der Waals surface area contributed by atoms with Crippen LogP contribution in [-0.2, 0) is 10.0 Å². The Labute approximate surface area is 127 Å². The van der Waals surface area contributed by atoms with Gasteiger partial charge in [-0.25, -0.2) is 8.42 Å². The fourth-order valence-electron chi connectivity index (χ4n) is 2.82. The normalized spacial score (nSPS) is 18.1. The van der Waals surface area contributed by atoms with E-state index in [0.29, 0.717) is 36.4 Å². The summed E-state index contributed by atoms with van der Waals surface area (Å²) in [6.07, 6.45) is 1.81. The second-order valence-corrected chi connectivity index (χ2v) is 7.80. The van der Waals surface area contributed by atoms with Gasteiger partial charge >= 0.3 is 0 Å². The van der Waals surface area contributed by atoms with Gasteiger partial charge in [0.25, 0.3) is 0 Å². The number of nitrogens with two attached hydrogens (primary N) is 1. The molecule has 1 aliphatic rings. The third-order valence-corrected chi connectivity index (χ3v) is 6.17. The van der Waals surface area contributed by atoms with Crippen LogP contribution in [0.1, 0.15) is 26.7 Å². The number of hydrogen-bond donors (Lipinski definition) is 1. The monoisotopic (exact) mass is 312 g/mol. The summed E-state index contributed by atoms with van der Waals surface area (Å²) in [5.74, 6) is 1.53. The molecule has 0 aromatic heterocycles. The molecule has 0 aliphatic carbocycles. The van der Waals surface area contributed by atoms with Gasteiger partial charge in [-0.05, 0) is 42.9 Å². The third-order valence-electron chi connectivity index (χ3n) is 4.25. The van der Waals surface area contributed by atoms with Crippen LogP contribution in [0.5, 0.6) is 5.75 Å². The highest BCUT2D eigenvalue weighted by Crippen LogP contribution is 2.32. The molecule has 0 unspecified atom stereocenters. The molecule has 1 heterocycles. The summed E-state index contributed by atoms with van der Waals surface area (Å²) in [5.41, 5.74) is 6.15. The molecular weight excluding hydrogens is 288 g/mol. The lowest BCUT2D eigenvalue weighted by molar-refractivity contribution is 0.226. The summed E-state index contributed by atoms with van der Waals surface area (Å²) in [5, 5.41) is 0. The Bertz CT molecular complexity index is 591. The van der Waals surface area contributed by atoms with Gasteiger partial charge in [-0.1, -0.05) is 13.8 Å². The van der Waals surface area contributed by atoms with E-state index in [1.807, 2.05) is 0 Å². The zero-order valence-corrected chi connectivity index (χ0v) is 13.7. The minimum atomic E-state index is -3.55. The molecule has 1 aromatic carbocycles. The van der Waals surface area contributed by atoms with Crippen LogP contribution in [0.2, 0.25) is 0 Å². The minimum absolute atomic E-state index is 0.160. The molecule has 0 atom stereocenters. The molecule has 5 nitrogen and oxygen atoms in total. The molecule has 0 spiro atoms. The molecule has 0 amide bonds. The predicted molar refractivity (Wildman–Crippen MR) is 83.7 cm³/mol. The minimum Gasteiger partial charge on any atom is -0.495 e. The Morgan fingerprint density at radius 2 is 1.90 bits per heavy atom. The van der Waals surface area contributed by atoms with E-state index in [1.54, 1.807) is 16.4 Å². The van der Waals surface area contributed by atoms with Gasteiger partial charge in [0.05, 0.1) is 7.11 Å². The van der Waals surface area contributed by atoms with E-state index in [4.69, 9.17) is 10.5 Å². The Hall–Kier alpha value is -1.27. The lowest BCUT2D eigenvalue weighted by Gasteiger charge is -2.33. The van der Waals surface area contributed by atoms with E-state index in [2.05, 4.69) is 13.8 Å². The van der Waals surface area contributed by atoms with Gasteiger partial charge in [0.2, 0.25) is 10.0 Å². The topological polar surface area (TPSA) is 72.6 Å². The maximum Gasteiger partial charge on any atom is 0.246 e. The van der Waals surface area contributed by atoms with Gasteiger partial charge in [-0.3, -0.25) is 0 Å². The summed E-state index contributed by atoms with van der Waals surface area (Å²) in [7, 11) is -2.08. The van der Waals surface area contributed by atoms with E-state index < -0.39 is 10.0 Å². The van der Waals surface area contributed by atoms with Crippen molar-refractivity contribution in [3.8, 4) is 5.75 Å². The first-order chi connectivity index (χ1) is 9.86. The van der Waals surface area contributed by atoms with Gasteiger partial charge in [0.1, 0.15) is 10.6 Å². The molecule has 1 saturated heterocycles. The molecule has 1 fully saturated rings. The van der Waals surface area contributed by atoms with Crippen LogP contribution in [0.25, 0.3) is 0 Å². The quantitative estimate of drug-likeness (QED) is 0.866. The molecular formula is C15H24N2O3S. The number of ether oxygens (including phenoxy) is 1. The smallest absolute Gasteiger partial charge is 0.246 e. The largest absolute Gasteiger partial charge is 0.495 e. The van der Waals surface area contributed by atoms with Crippen LogP contribution in [0.4, 0.5) is 5.69 Å². The van der Waals surface area contributed by atoms with Gasteiger partial charge in [-0.2, -0.15) is 4.31 Å². The van der Waals surface area contributed by atoms with Crippen LogP contribution in [0.15, 0.2) is 23.1 Å². The van der Waals surface area contributed by atoms with E-state index in [0.717, 1.165) is 12.8 Å². The van der Waals surface area contributed by atoms with Crippen molar-refractivity contribution in [2.24, 2.45) is 11.8 Å². The highest BCUT2D eigenvalue weighted by Gasteiger charge is 2.32. The van der Waals surface area contributed by atoms with E-state index >= 15 is 0 Å². The molecule has 1 aliphatic heterocycles. The van der Waals surface area contributed by atoms with Gasteiger partial charge in [0, 0.05) is 18.8 Å². The standard InChI is InChI=1S/C15H24N2O3S/c1-11(2)12-6-8-17(9-7-12)21(18,19)15-10-13(16)4-5-14(15)20-3/h4-5,10-12H,6-9,16H2,1-3H3. The van der Waals surface area contributed by atoms with Gasteiger partial charge in [0.15, 0.2) is 0 Å². The van der Waals surface area contributed by atoms with E-state index in [-0.39, 0.29) is 4.90 Å². The SMILES string of the molecule is COc1ccc(N)cc1S(=O)(=O)N1CCC(C(C)C)CC1. The first-order valence-corrected chi connectivity index (χ1v) is 8.74. The fourth-order valence-corrected chi connectivity index (χ4v) is 4.48. The van der Waals surface area contributed by atoms with Crippen molar-refractivity contribution in [3.05, 3.63) is 18.2 Å². The number of methoxy groups -OCH3 is 1. The zero-order valence-electron chi connectivity index (χ0n) is 12.9. The van der Waals surface area contributed by atoms with Crippen molar-refractivity contribution < 1.29 is 13.2 Å². The fraction of sp³-hybridized carbons (Fsp3) is 0.600. The Kier molecular flexibility index (Phi) is 4.78. The molecule has 6 heteroatoms. The lowest BCUT2D eigenvalue weighted by atomic mass is 9.87. The van der Waals surface area contributed by atoms with Crippen LogP contribution in [-0.4, -0.2) is 32.9 Å². The number of sulfonamides is 1. The highest BCUT2D eigenvalue weighted by molar-refractivity contribution is 7.89. The lowest BCUT2D eigenvalue weighted by Crippen LogP contribution is -2.39. The van der Waals surface area contributed by atoms with Crippen LogP contribution >= 0.6 is 0 Å². The summed E-state index contributed by atoms with van der Waals surface area (Å²) in [6.45, 7) is 5.50. The average molecular weight is 312 g/mol. The van der Waals surface area contributed by atoms with Crippen molar-refractivity contribution in [1.82, 2.24) is 4.31 Å². The molecule has 0 radical (unpaired) electrons. The van der Waals surface area contributed by atoms with Crippen molar-refractivity contribution >= 4 is 15.7 Å². The number of benzene rings is 1.